The maximum atomic E-state index is 10.9. The summed E-state index contributed by atoms with van der Waals surface area (Å²) in [6.45, 7) is 4.88. The van der Waals surface area contributed by atoms with Gasteiger partial charge in [0.15, 0.2) is 0 Å². The summed E-state index contributed by atoms with van der Waals surface area (Å²) in [5, 5.41) is 12.7. The second-order valence-corrected chi connectivity index (χ2v) is 6.67. The van der Waals surface area contributed by atoms with Gasteiger partial charge in [0.05, 0.1) is 0 Å². The monoisotopic (exact) mass is 319 g/mol. The summed E-state index contributed by atoms with van der Waals surface area (Å²) >= 11 is 0. The van der Waals surface area contributed by atoms with Crippen LogP contribution in [0.2, 0.25) is 0 Å². The first-order chi connectivity index (χ1) is 11.1. The Hall–Kier alpha value is -1.39. The predicted molar refractivity (Wildman–Crippen MR) is 91.6 cm³/mol. The lowest BCUT2D eigenvalue weighted by Crippen LogP contribution is -2.43. The van der Waals surface area contributed by atoms with E-state index in [1.54, 1.807) is 0 Å². The zero-order valence-corrected chi connectivity index (χ0v) is 14.1. The Morgan fingerprint density at radius 3 is 2.61 bits per heavy atom. The summed E-state index contributed by atoms with van der Waals surface area (Å²) in [6, 6.07) is 10.5. The molecule has 4 nitrogen and oxygen atoms in total. The van der Waals surface area contributed by atoms with Crippen molar-refractivity contribution in [2.24, 2.45) is 5.41 Å². The van der Waals surface area contributed by atoms with Crippen LogP contribution in [0.3, 0.4) is 0 Å². The Morgan fingerprint density at radius 2 is 2.00 bits per heavy atom. The van der Waals surface area contributed by atoms with Crippen LogP contribution >= 0.6 is 0 Å². The highest BCUT2D eigenvalue weighted by molar-refractivity contribution is 5.66. The van der Waals surface area contributed by atoms with Crippen molar-refractivity contribution in [1.29, 1.82) is 0 Å². The zero-order valence-electron chi connectivity index (χ0n) is 14.1. The summed E-state index contributed by atoms with van der Waals surface area (Å²) in [6.07, 6.45) is 5.08. The van der Waals surface area contributed by atoms with Crippen LogP contribution in [0.1, 0.15) is 44.6 Å². The number of hydrogen-bond donors (Lipinski definition) is 2. The van der Waals surface area contributed by atoms with Crippen molar-refractivity contribution in [3.8, 4) is 0 Å². The average molecular weight is 319 g/mol. The molecular formula is C19H29NO3. The molecule has 1 saturated heterocycles. The Kier molecular flexibility index (Phi) is 7.06. The fraction of sp³-hybridized carbons (Fsp3) is 0.632. The van der Waals surface area contributed by atoms with Crippen LogP contribution in [-0.2, 0) is 16.0 Å². The van der Waals surface area contributed by atoms with Crippen LogP contribution in [0.25, 0.3) is 0 Å². The normalized spacial score (nSPS) is 18.5. The van der Waals surface area contributed by atoms with Gasteiger partial charge in [0.1, 0.15) is 0 Å². The minimum Gasteiger partial charge on any atom is -0.481 e. The maximum absolute atomic E-state index is 10.9. The molecule has 0 spiro atoms. The topological polar surface area (TPSA) is 58.6 Å². The molecule has 0 aliphatic carbocycles. The van der Waals surface area contributed by atoms with Crippen LogP contribution in [0.4, 0.5) is 0 Å². The van der Waals surface area contributed by atoms with Crippen molar-refractivity contribution in [1.82, 2.24) is 5.32 Å². The van der Waals surface area contributed by atoms with Crippen molar-refractivity contribution in [3.63, 3.8) is 0 Å². The second kappa shape index (κ2) is 9.04. The summed E-state index contributed by atoms with van der Waals surface area (Å²) in [7, 11) is 0. The van der Waals surface area contributed by atoms with Gasteiger partial charge in [0, 0.05) is 32.2 Å². The van der Waals surface area contributed by atoms with Crippen molar-refractivity contribution in [2.45, 2.75) is 51.5 Å². The molecule has 1 atom stereocenters. The summed E-state index contributed by atoms with van der Waals surface area (Å²) in [5.41, 5.74) is 1.56. The molecule has 128 valence electrons. The van der Waals surface area contributed by atoms with Gasteiger partial charge < -0.3 is 15.2 Å². The molecule has 1 aliphatic heterocycles. The molecule has 0 radical (unpaired) electrons. The summed E-state index contributed by atoms with van der Waals surface area (Å²) in [4.78, 5) is 10.9. The number of ether oxygens (including phenoxy) is 1. The highest BCUT2D eigenvalue weighted by Gasteiger charge is 2.31. The Labute approximate surface area is 139 Å². The smallest absolute Gasteiger partial charge is 0.303 e. The fourth-order valence-electron chi connectivity index (χ4n) is 3.29. The van der Waals surface area contributed by atoms with E-state index in [0.29, 0.717) is 11.8 Å². The van der Waals surface area contributed by atoms with Crippen LogP contribution in [0.5, 0.6) is 0 Å². The minimum atomic E-state index is -0.721. The van der Waals surface area contributed by atoms with Gasteiger partial charge in [0.2, 0.25) is 0 Å². The molecule has 1 aliphatic rings. The minimum absolute atomic E-state index is 0.208. The van der Waals surface area contributed by atoms with Crippen LogP contribution in [0.15, 0.2) is 30.3 Å². The van der Waals surface area contributed by atoms with Gasteiger partial charge in [-0.1, -0.05) is 37.3 Å². The molecule has 1 fully saturated rings. The van der Waals surface area contributed by atoms with E-state index in [-0.39, 0.29) is 12.5 Å². The van der Waals surface area contributed by atoms with E-state index < -0.39 is 5.97 Å². The van der Waals surface area contributed by atoms with Crippen LogP contribution < -0.4 is 5.32 Å². The molecule has 0 saturated carbocycles. The van der Waals surface area contributed by atoms with Crippen LogP contribution in [-0.4, -0.2) is 36.9 Å². The van der Waals surface area contributed by atoms with E-state index in [9.17, 15) is 4.79 Å². The standard InChI is InChI=1S/C19H29NO3/c1-2-19(10-12-23-13-11-19)15-20-17(8-9-18(21)22)14-16-6-4-3-5-7-16/h3-7,17,20H,2,8-15H2,1H3,(H,21,22). The third-order valence-electron chi connectivity index (χ3n) is 5.10. The van der Waals surface area contributed by atoms with Gasteiger partial charge in [-0.05, 0) is 43.1 Å². The van der Waals surface area contributed by atoms with Crippen molar-refractivity contribution in [2.75, 3.05) is 19.8 Å². The molecule has 0 aromatic heterocycles. The van der Waals surface area contributed by atoms with Gasteiger partial charge in [-0.3, -0.25) is 4.79 Å². The molecule has 1 unspecified atom stereocenters. The number of benzene rings is 1. The second-order valence-electron chi connectivity index (χ2n) is 6.67. The van der Waals surface area contributed by atoms with Gasteiger partial charge in [-0.25, -0.2) is 0 Å². The third-order valence-corrected chi connectivity index (χ3v) is 5.10. The van der Waals surface area contributed by atoms with E-state index in [1.165, 1.54) is 5.56 Å². The summed E-state index contributed by atoms with van der Waals surface area (Å²) in [5.74, 6) is -0.721. The SMILES string of the molecule is CCC1(CNC(CCC(=O)O)Cc2ccccc2)CCOCC1. The number of carboxylic acid groups (broad SMARTS) is 1. The van der Waals surface area contributed by atoms with Gasteiger partial charge >= 0.3 is 5.97 Å². The van der Waals surface area contributed by atoms with E-state index in [1.807, 2.05) is 18.2 Å². The third kappa shape index (κ3) is 5.96. The highest BCUT2D eigenvalue weighted by Crippen LogP contribution is 2.33. The Bertz CT molecular complexity index is 469. The molecule has 0 bridgehead atoms. The van der Waals surface area contributed by atoms with Gasteiger partial charge in [0.25, 0.3) is 0 Å². The molecular weight excluding hydrogens is 290 g/mol. The van der Waals surface area contributed by atoms with Crippen LogP contribution in [0, 0.1) is 5.41 Å². The quantitative estimate of drug-likeness (QED) is 0.733. The Morgan fingerprint density at radius 1 is 1.30 bits per heavy atom. The molecule has 2 N–H and O–H groups in total. The fourth-order valence-corrected chi connectivity index (χ4v) is 3.29. The number of carbonyl (C=O) groups is 1. The first kappa shape index (κ1) is 18.0. The zero-order chi connectivity index (χ0) is 16.5. The lowest BCUT2D eigenvalue weighted by atomic mass is 9.77. The van der Waals surface area contributed by atoms with E-state index in [0.717, 1.165) is 45.4 Å². The lowest BCUT2D eigenvalue weighted by Gasteiger charge is -2.38. The van der Waals surface area contributed by atoms with E-state index in [2.05, 4.69) is 24.4 Å². The number of rotatable bonds is 9. The first-order valence-corrected chi connectivity index (χ1v) is 8.70. The number of hydrogen-bond acceptors (Lipinski definition) is 3. The van der Waals surface area contributed by atoms with Crippen molar-refractivity contribution >= 4 is 5.97 Å². The molecule has 4 heteroatoms. The van der Waals surface area contributed by atoms with Crippen molar-refractivity contribution < 1.29 is 14.6 Å². The number of carboxylic acids is 1. The molecule has 1 heterocycles. The maximum Gasteiger partial charge on any atom is 0.303 e. The number of aliphatic carboxylic acids is 1. The predicted octanol–water partition coefficient (Wildman–Crippen LogP) is 3.26. The average Bonchev–Trinajstić information content (AvgIpc) is 2.59. The Balaban J connectivity index is 1.94. The number of nitrogens with one attached hydrogen (secondary N) is 1. The van der Waals surface area contributed by atoms with Gasteiger partial charge in [-0.15, -0.1) is 0 Å². The van der Waals surface area contributed by atoms with E-state index >= 15 is 0 Å². The first-order valence-electron chi connectivity index (χ1n) is 8.70. The molecule has 0 amide bonds. The molecule has 1 aromatic rings. The summed E-state index contributed by atoms with van der Waals surface area (Å²) < 4.78 is 5.50. The largest absolute Gasteiger partial charge is 0.481 e. The molecule has 1 aromatic carbocycles. The lowest BCUT2D eigenvalue weighted by molar-refractivity contribution is -0.137. The highest BCUT2D eigenvalue weighted by atomic mass is 16.5. The molecule has 23 heavy (non-hydrogen) atoms. The van der Waals surface area contributed by atoms with Crippen molar-refractivity contribution in [3.05, 3.63) is 35.9 Å². The van der Waals surface area contributed by atoms with Gasteiger partial charge in [-0.2, -0.15) is 0 Å². The molecule has 2 rings (SSSR count). The van der Waals surface area contributed by atoms with E-state index in [4.69, 9.17) is 9.84 Å².